The van der Waals surface area contributed by atoms with Gasteiger partial charge in [-0.15, -0.1) is 0 Å². The maximum absolute atomic E-state index is 11.5. The molecule has 1 aliphatic rings. The zero-order valence-electron chi connectivity index (χ0n) is 11.6. The van der Waals surface area contributed by atoms with E-state index in [1.165, 1.54) is 0 Å². The van der Waals surface area contributed by atoms with Crippen LogP contribution in [0.3, 0.4) is 0 Å². The molecule has 0 aromatic carbocycles. The summed E-state index contributed by atoms with van der Waals surface area (Å²) in [7, 11) is 0. The van der Waals surface area contributed by atoms with E-state index in [-0.39, 0.29) is 11.3 Å². The molecule has 0 saturated carbocycles. The summed E-state index contributed by atoms with van der Waals surface area (Å²) in [6.07, 6.45) is 0.630. The molecule has 5 nitrogen and oxygen atoms in total. The summed E-state index contributed by atoms with van der Waals surface area (Å²) in [5, 5.41) is 4.01. The Bertz CT molecular complexity index is 434. The van der Waals surface area contributed by atoms with E-state index in [1.54, 1.807) is 0 Å². The zero-order chi connectivity index (χ0) is 13.3. The molecule has 0 spiro atoms. The number of hydrogen-bond donors (Lipinski definition) is 0. The second-order valence-corrected chi connectivity index (χ2v) is 6.12. The van der Waals surface area contributed by atoms with Crippen molar-refractivity contribution >= 4 is 5.78 Å². The van der Waals surface area contributed by atoms with Gasteiger partial charge in [0, 0.05) is 30.8 Å². The Kier molecular flexibility index (Phi) is 3.52. The average molecular weight is 251 g/mol. The van der Waals surface area contributed by atoms with Crippen LogP contribution in [-0.4, -0.2) is 33.9 Å². The van der Waals surface area contributed by atoms with Gasteiger partial charge < -0.3 is 4.52 Å². The number of hydrogen-bond acceptors (Lipinski definition) is 5. The summed E-state index contributed by atoms with van der Waals surface area (Å²) in [4.78, 5) is 18.1. The fraction of sp³-hybridized carbons (Fsp3) is 0.769. The largest absolute Gasteiger partial charge is 0.339 e. The first-order chi connectivity index (χ1) is 8.36. The number of carbonyl (C=O) groups is 1. The topological polar surface area (TPSA) is 59.2 Å². The van der Waals surface area contributed by atoms with Gasteiger partial charge in [0.05, 0.1) is 6.54 Å². The molecule has 1 aromatic heterocycles. The van der Waals surface area contributed by atoms with E-state index in [2.05, 4.69) is 15.0 Å². The Hall–Kier alpha value is -1.23. The number of aromatic nitrogens is 2. The van der Waals surface area contributed by atoms with Crippen molar-refractivity contribution in [3.8, 4) is 0 Å². The molecule has 0 bridgehead atoms. The van der Waals surface area contributed by atoms with Crippen LogP contribution in [0.1, 0.15) is 45.8 Å². The third kappa shape index (κ3) is 2.96. The molecule has 1 saturated heterocycles. The molecule has 2 rings (SSSR count). The van der Waals surface area contributed by atoms with Crippen LogP contribution in [0.2, 0.25) is 0 Å². The van der Waals surface area contributed by atoms with Gasteiger partial charge >= 0.3 is 0 Å². The molecule has 5 heteroatoms. The van der Waals surface area contributed by atoms with Gasteiger partial charge in [0.15, 0.2) is 5.82 Å². The van der Waals surface area contributed by atoms with E-state index in [0.29, 0.717) is 30.5 Å². The molecule has 0 N–H and O–H groups in total. The lowest BCUT2D eigenvalue weighted by atomic mass is 9.97. The van der Waals surface area contributed by atoms with Crippen molar-refractivity contribution in [2.45, 2.75) is 46.1 Å². The number of ketones is 1. The lowest BCUT2D eigenvalue weighted by molar-refractivity contribution is -0.125. The Morgan fingerprint density at radius 1 is 1.44 bits per heavy atom. The third-order valence-corrected chi connectivity index (χ3v) is 3.23. The van der Waals surface area contributed by atoms with Crippen molar-refractivity contribution in [1.29, 1.82) is 0 Å². The highest BCUT2D eigenvalue weighted by atomic mass is 16.5. The first kappa shape index (κ1) is 13.2. The van der Waals surface area contributed by atoms with Crippen LogP contribution in [-0.2, 0) is 16.8 Å². The lowest BCUT2D eigenvalue weighted by Gasteiger charge is -2.28. The second kappa shape index (κ2) is 4.80. The summed E-state index contributed by atoms with van der Waals surface area (Å²) in [5.74, 6) is 1.85. The van der Waals surface area contributed by atoms with Crippen LogP contribution in [0.5, 0.6) is 0 Å². The van der Waals surface area contributed by atoms with E-state index in [4.69, 9.17) is 4.52 Å². The van der Waals surface area contributed by atoms with Gasteiger partial charge in [-0.1, -0.05) is 32.9 Å². The van der Waals surface area contributed by atoms with Crippen molar-refractivity contribution in [3.63, 3.8) is 0 Å². The summed E-state index contributed by atoms with van der Waals surface area (Å²) >= 11 is 0. The van der Waals surface area contributed by atoms with Gasteiger partial charge in [0.1, 0.15) is 5.78 Å². The fourth-order valence-corrected chi connectivity index (χ4v) is 2.06. The van der Waals surface area contributed by atoms with Gasteiger partial charge in [-0.2, -0.15) is 4.98 Å². The minimum Gasteiger partial charge on any atom is -0.339 e. The average Bonchev–Trinajstić information content (AvgIpc) is 2.72. The Morgan fingerprint density at radius 2 is 2.17 bits per heavy atom. The maximum atomic E-state index is 11.5. The molecule has 1 aliphatic heterocycles. The number of likely N-dealkylation sites (tertiary alicyclic amines) is 1. The first-order valence-corrected chi connectivity index (χ1v) is 6.44. The van der Waals surface area contributed by atoms with Crippen molar-refractivity contribution in [2.24, 2.45) is 5.92 Å². The minimum absolute atomic E-state index is 0.115. The monoisotopic (exact) mass is 251 g/mol. The molecule has 0 aliphatic carbocycles. The zero-order valence-corrected chi connectivity index (χ0v) is 11.6. The molecule has 1 aromatic rings. The molecular formula is C13H21N3O2. The van der Waals surface area contributed by atoms with Crippen molar-refractivity contribution in [1.82, 2.24) is 15.0 Å². The SMILES string of the molecule is C[C@@H]1CN(Cc2noc(C(C)(C)C)n2)CCC1=O. The summed E-state index contributed by atoms with van der Waals surface area (Å²) in [6.45, 7) is 10.4. The summed E-state index contributed by atoms with van der Waals surface area (Å²) in [6, 6.07) is 0. The van der Waals surface area contributed by atoms with Gasteiger partial charge in [0.2, 0.25) is 5.89 Å². The lowest BCUT2D eigenvalue weighted by Crippen LogP contribution is -2.39. The van der Waals surface area contributed by atoms with E-state index >= 15 is 0 Å². The second-order valence-electron chi connectivity index (χ2n) is 6.12. The highest BCUT2D eigenvalue weighted by molar-refractivity contribution is 5.81. The molecule has 1 fully saturated rings. The van der Waals surface area contributed by atoms with Crippen molar-refractivity contribution in [2.75, 3.05) is 13.1 Å². The van der Waals surface area contributed by atoms with Gasteiger partial charge in [-0.3, -0.25) is 9.69 Å². The van der Waals surface area contributed by atoms with Crippen LogP contribution in [0, 0.1) is 5.92 Å². The molecule has 0 unspecified atom stereocenters. The Labute approximate surface area is 108 Å². The molecular weight excluding hydrogens is 230 g/mol. The molecule has 2 heterocycles. The molecule has 1 atom stereocenters. The molecule has 18 heavy (non-hydrogen) atoms. The van der Waals surface area contributed by atoms with Crippen LogP contribution in [0.15, 0.2) is 4.52 Å². The Balaban J connectivity index is 1.98. The number of carbonyl (C=O) groups excluding carboxylic acids is 1. The standard InChI is InChI=1S/C13H21N3O2/c1-9-7-16(6-5-10(9)17)8-11-14-12(18-15-11)13(2,3)4/h9H,5-8H2,1-4H3/t9-/m1/s1. The highest BCUT2D eigenvalue weighted by Crippen LogP contribution is 2.20. The van der Waals surface area contributed by atoms with E-state index in [1.807, 2.05) is 27.7 Å². The number of rotatable bonds is 2. The van der Waals surface area contributed by atoms with Gasteiger partial charge in [-0.25, -0.2) is 0 Å². The summed E-state index contributed by atoms with van der Waals surface area (Å²) < 4.78 is 5.26. The number of piperidine rings is 1. The molecule has 0 amide bonds. The first-order valence-electron chi connectivity index (χ1n) is 6.44. The van der Waals surface area contributed by atoms with E-state index in [9.17, 15) is 4.79 Å². The van der Waals surface area contributed by atoms with Crippen molar-refractivity contribution < 1.29 is 9.32 Å². The maximum Gasteiger partial charge on any atom is 0.232 e. The molecule has 0 radical (unpaired) electrons. The normalized spacial score (nSPS) is 22.4. The summed E-state index contributed by atoms with van der Waals surface area (Å²) in [5.41, 5.74) is -0.115. The number of nitrogens with zero attached hydrogens (tertiary/aromatic N) is 3. The molecule has 100 valence electrons. The Morgan fingerprint density at radius 3 is 2.72 bits per heavy atom. The van der Waals surface area contributed by atoms with E-state index < -0.39 is 0 Å². The highest BCUT2D eigenvalue weighted by Gasteiger charge is 2.26. The quantitative estimate of drug-likeness (QED) is 0.802. The minimum atomic E-state index is -0.115. The fourth-order valence-electron chi connectivity index (χ4n) is 2.06. The van der Waals surface area contributed by atoms with Crippen LogP contribution >= 0.6 is 0 Å². The van der Waals surface area contributed by atoms with Gasteiger partial charge in [0.25, 0.3) is 0 Å². The van der Waals surface area contributed by atoms with Crippen LogP contribution in [0.25, 0.3) is 0 Å². The number of Topliss-reactive ketones (excluding diaryl/α,β-unsaturated/α-hetero) is 1. The van der Waals surface area contributed by atoms with Crippen LogP contribution < -0.4 is 0 Å². The third-order valence-electron chi connectivity index (χ3n) is 3.23. The van der Waals surface area contributed by atoms with Crippen LogP contribution in [0.4, 0.5) is 0 Å². The smallest absolute Gasteiger partial charge is 0.232 e. The van der Waals surface area contributed by atoms with Crippen molar-refractivity contribution in [3.05, 3.63) is 11.7 Å². The predicted octanol–water partition coefficient (Wildman–Crippen LogP) is 1.78. The van der Waals surface area contributed by atoms with E-state index in [0.717, 1.165) is 13.1 Å². The van der Waals surface area contributed by atoms with Gasteiger partial charge in [-0.05, 0) is 0 Å². The predicted molar refractivity (Wildman–Crippen MR) is 67.1 cm³/mol.